The molecular weight excluding hydrogens is 484 g/mol. The third kappa shape index (κ3) is 4.23. The molecule has 2 aromatic carbocycles. The average Bonchev–Trinajstić information content (AvgIpc) is 3.61. The van der Waals surface area contributed by atoms with E-state index in [1.54, 1.807) is 59.9 Å². The Labute approximate surface area is 219 Å². The molecule has 1 spiro atoms. The standard InChI is InChI=1S/C30H26N2O4S/c33-26(8-5-20-9-16-37-18-20)31-13-10-30(11-14-31)12-15-32(19-30)29(36)21-6-7-24-25(17-21)28(35)23-4-2-1-3-22(23)27(24)34/h1-9,16-18H,10-15,19H2/b8-5+. The molecule has 0 bridgehead atoms. The van der Waals surface area contributed by atoms with E-state index >= 15 is 0 Å². The maximum absolute atomic E-state index is 13.4. The van der Waals surface area contributed by atoms with Crippen molar-refractivity contribution in [3.63, 3.8) is 0 Å². The van der Waals surface area contributed by atoms with Crippen LogP contribution in [0.1, 0.15) is 67.0 Å². The number of ketones is 2. The number of thiophene rings is 1. The first-order valence-corrected chi connectivity index (χ1v) is 13.5. The number of hydrogen-bond acceptors (Lipinski definition) is 5. The van der Waals surface area contributed by atoms with Gasteiger partial charge < -0.3 is 9.80 Å². The molecule has 7 heteroatoms. The van der Waals surface area contributed by atoms with Crippen molar-refractivity contribution in [2.24, 2.45) is 5.41 Å². The number of benzene rings is 2. The summed E-state index contributed by atoms with van der Waals surface area (Å²) in [5, 5.41) is 4.00. The van der Waals surface area contributed by atoms with Gasteiger partial charge in [-0.3, -0.25) is 19.2 Å². The number of rotatable bonds is 3. The maximum atomic E-state index is 13.4. The van der Waals surface area contributed by atoms with Gasteiger partial charge in [-0.15, -0.1) is 0 Å². The number of nitrogens with zero attached hydrogens (tertiary/aromatic N) is 2. The number of carbonyl (C=O) groups is 4. The molecule has 2 aliphatic heterocycles. The molecular formula is C30H26N2O4S. The van der Waals surface area contributed by atoms with E-state index in [1.807, 2.05) is 32.7 Å². The largest absolute Gasteiger partial charge is 0.339 e. The summed E-state index contributed by atoms with van der Waals surface area (Å²) in [6, 6.07) is 13.7. The molecule has 2 amide bonds. The van der Waals surface area contributed by atoms with Crippen LogP contribution in [0.3, 0.4) is 0 Å². The Balaban J connectivity index is 1.12. The lowest BCUT2D eigenvalue weighted by atomic mass is 9.77. The zero-order chi connectivity index (χ0) is 25.6. The summed E-state index contributed by atoms with van der Waals surface area (Å²) in [4.78, 5) is 55.8. The summed E-state index contributed by atoms with van der Waals surface area (Å²) in [6.07, 6.45) is 6.13. The van der Waals surface area contributed by atoms with E-state index in [1.165, 1.54) is 0 Å². The van der Waals surface area contributed by atoms with E-state index in [4.69, 9.17) is 0 Å². The molecule has 6 nitrogen and oxygen atoms in total. The van der Waals surface area contributed by atoms with Crippen LogP contribution in [0.25, 0.3) is 6.08 Å². The Hall–Kier alpha value is -3.84. The summed E-state index contributed by atoms with van der Waals surface area (Å²) in [6.45, 7) is 2.66. The molecule has 6 rings (SSSR count). The van der Waals surface area contributed by atoms with Crippen LogP contribution in [0.2, 0.25) is 0 Å². The van der Waals surface area contributed by atoms with Gasteiger partial charge in [0.2, 0.25) is 5.91 Å². The van der Waals surface area contributed by atoms with E-state index in [-0.39, 0.29) is 28.8 Å². The number of hydrogen-bond donors (Lipinski definition) is 0. The first kappa shape index (κ1) is 23.6. The Kier molecular flexibility index (Phi) is 5.88. The highest BCUT2D eigenvalue weighted by Crippen LogP contribution is 2.41. The van der Waals surface area contributed by atoms with E-state index < -0.39 is 0 Å². The number of likely N-dealkylation sites (tertiary alicyclic amines) is 2. The normalized spacial score (nSPS) is 18.4. The van der Waals surface area contributed by atoms with Gasteiger partial charge in [0.25, 0.3) is 5.91 Å². The van der Waals surface area contributed by atoms with Crippen LogP contribution < -0.4 is 0 Å². The van der Waals surface area contributed by atoms with Gasteiger partial charge in [-0.25, -0.2) is 0 Å². The summed E-state index contributed by atoms with van der Waals surface area (Å²) in [5.74, 6) is -0.489. The molecule has 186 valence electrons. The van der Waals surface area contributed by atoms with Crippen LogP contribution in [0, 0.1) is 5.41 Å². The molecule has 0 saturated carbocycles. The van der Waals surface area contributed by atoms with Crippen LogP contribution >= 0.6 is 11.3 Å². The second-order valence-electron chi connectivity index (χ2n) is 10.2. The quantitative estimate of drug-likeness (QED) is 0.375. The molecule has 2 fully saturated rings. The maximum Gasteiger partial charge on any atom is 0.253 e. The highest BCUT2D eigenvalue weighted by atomic mass is 32.1. The predicted octanol–water partition coefficient (Wildman–Crippen LogP) is 4.69. The third-order valence-electron chi connectivity index (χ3n) is 7.99. The van der Waals surface area contributed by atoms with Crippen molar-refractivity contribution in [3.8, 4) is 0 Å². The number of piperidine rings is 1. The van der Waals surface area contributed by atoms with Crippen molar-refractivity contribution >= 4 is 40.8 Å². The monoisotopic (exact) mass is 510 g/mol. The molecule has 0 atom stereocenters. The third-order valence-corrected chi connectivity index (χ3v) is 8.70. The second-order valence-corrected chi connectivity index (χ2v) is 10.9. The summed E-state index contributed by atoms with van der Waals surface area (Å²) >= 11 is 1.60. The fraction of sp³-hybridized carbons (Fsp3) is 0.267. The van der Waals surface area contributed by atoms with Gasteiger partial charge in [-0.2, -0.15) is 11.3 Å². The van der Waals surface area contributed by atoms with E-state index in [2.05, 4.69) is 0 Å². The van der Waals surface area contributed by atoms with Gasteiger partial charge in [0.1, 0.15) is 0 Å². The lowest BCUT2D eigenvalue weighted by molar-refractivity contribution is -0.128. The molecule has 3 aliphatic rings. The van der Waals surface area contributed by atoms with Crippen molar-refractivity contribution in [2.45, 2.75) is 19.3 Å². The second kappa shape index (κ2) is 9.23. The summed E-state index contributed by atoms with van der Waals surface area (Å²) < 4.78 is 0. The minimum Gasteiger partial charge on any atom is -0.339 e. The fourth-order valence-corrected chi connectivity index (χ4v) is 6.40. The van der Waals surface area contributed by atoms with E-state index in [0.717, 1.165) is 24.8 Å². The van der Waals surface area contributed by atoms with Crippen LogP contribution in [0.15, 0.2) is 65.4 Å². The topological polar surface area (TPSA) is 74.8 Å². The first-order valence-electron chi connectivity index (χ1n) is 12.6. The van der Waals surface area contributed by atoms with E-state index in [9.17, 15) is 19.2 Å². The molecule has 1 aromatic heterocycles. The highest BCUT2D eigenvalue weighted by Gasteiger charge is 2.43. The van der Waals surface area contributed by atoms with E-state index in [0.29, 0.717) is 54.0 Å². The Morgan fingerprint density at radius 2 is 1.46 bits per heavy atom. The highest BCUT2D eigenvalue weighted by molar-refractivity contribution is 7.08. The fourth-order valence-electron chi connectivity index (χ4n) is 5.78. The zero-order valence-corrected chi connectivity index (χ0v) is 21.1. The molecule has 2 saturated heterocycles. The van der Waals surface area contributed by atoms with Crippen LogP contribution in [-0.2, 0) is 4.79 Å². The van der Waals surface area contributed by atoms with Gasteiger partial charge in [0.15, 0.2) is 11.6 Å². The predicted molar refractivity (Wildman–Crippen MR) is 142 cm³/mol. The number of fused-ring (bicyclic) bond motifs is 2. The first-order chi connectivity index (χ1) is 17.9. The Morgan fingerprint density at radius 3 is 2.14 bits per heavy atom. The summed E-state index contributed by atoms with van der Waals surface area (Å²) in [7, 11) is 0. The van der Waals surface area contributed by atoms with Crippen molar-refractivity contribution in [2.75, 3.05) is 26.2 Å². The van der Waals surface area contributed by atoms with Gasteiger partial charge in [0.05, 0.1) is 0 Å². The van der Waals surface area contributed by atoms with Crippen LogP contribution in [0.5, 0.6) is 0 Å². The van der Waals surface area contributed by atoms with Crippen LogP contribution in [0.4, 0.5) is 0 Å². The van der Waals surface area contributed by atoms with Crippen molar-refractivity contribution < 1.29 is 19.2 Å². The number of carbonyl (C=O) groups excluding carboxylic acids is 4. The lowest BCUT2D eigenvalue weighted by Crippen LogP contribution is -2.44. The Morgan fingerprint density at radius 1 is 0.811 bits per heavy atom. The summed E-state index contributed by atoms with van der Waals surface area (Å²) in [5.41, 5.74) is 2.93. The lowest BCUT2D eigenvalue weighted by Gasteiger charge is -2.39. The van der Waals surface area contributed by atoms with Crippen molar-refractivity contribution in [1.82, 2.24) is 9.80 Å². The molecule has 37 heavy (non-hydrogen) atoms. The SMILES string of the molecule is O=C1c2ccccc2C(=O)c2cc(C(=O)N3CCC4(CCN(C(=O)/C=C/c5ccsc5)CC4)C3)ccc21. The minimum absolute atomic E-state index is 0.0163. The molecule has 0 unspecified atom stereocenters. The van der Waals surface area contributed by atoms with Crippen molar-refractivity contribution in [1.29, 1.82) is 0 Å². The zero-order valence-electron chi connectivity index (χ0n) is 20.3. The minimum atomic E-state index is -0.220. The molecule has 3 heterocycles. The van der Waals surface area contributed by atoms with Gasteiger partial charge in [-0.05, 0) is 71.3 Å². The average molecular weight is 511 g/mol. The number of amides is 2. The van der Waals surface area contributed by atoms with Gasteiger partial charge in [0, 0.05) is 60.1 Å². The van der Waals surface area contributed by atoms with Gasteiger partial charge >= 0.3 is 0 Å². The van der Waals surface area contributed by atoms with Gasteiger partial charge in [-0.1, -0.05) is 24.3 Å². The molecule has 1 aliphatic carbocycles. The molecule has 3 aromatic rings. The van der Waals surface area contributed by atoms with Crippen LogP contribution in [-0.4, -0.2) is 59.4 Å². The molecule has 0 radical (unpaired) electrons. The molecule has 0 N–H and O–H groups in total. The van der Waals surface area contributed by atoms with Crippen molar-refractivity contribution in [3.05, 3.63) is 98.7 Å². The smallest absolute Gasteiger partial charge is 0.253 e. The Bertz CT molecular complexity index is 1450.